The fourth-order valence-corrected chi connectivity index (χ4v) is 3.38. The Morgan fingerprint density at radius 3 is 2.68 bits per heavy atom. The van der Waals surface area contributed by atoms with Gasteiger partial charge in [-0.1, -0.05) is 42.4 Å². The SMILES string of the molecule is Cc1noc(C(C)(C)NC(=O)[C@@H]2CN(Cc3ccccc3)C[C@H]2C)n1. The van der Waals surface area contributed by atoms with Crippen LogP contribution in [0.4, 0.5) is 0 Å². The van der Waals surface area contributed by atoms with Crippen LogP contribution in [0.2, 0.25) is 0 Å². The number of carbonyl (C=O) groups is 1. The zero-order valence-electron chi connectivity index (χ0n) is 15.3. The van der Waals surface area contributed by atoms with E-state index in [1.165, 1.54) is 5.56 Å². The Balaban J connectivity index is 1.62. The molecule has 0 bridgehead atoms. The van der Waals surface area contributed by atoms with Crippen molar-refractivity contribution in [2.45, 2.75) is 39.8 Å². The molecule has 0 aliphatic carbocycles. The van der Waals surface area contributed by atoms with Crippen molar-refractivity contribution in [3.63, 3.8) is 0 Å². The molecule has 2 heterocycles. The number of aryl methyl sites for hydroxylation is 1. The van der Waals surface area contributed by atoms with Gasteiger partial charge in [-0.3, -0.25) is 9.69 Å². The molecule has 0 unspecified atom stereocenters. The summed E-state index contributed by atoms with van der Waals surface area (Å²) in [5.41, 5.74) is 0.600. The molecule has 0 saturated carbocycles. The second kappa shape index (κ2) is 6.96. The zero-order valence-corrected chi connectivity index (χ0v) is 15.3. The van der Waals surface area contributed by atoms with E-state index in [-0.39, 0.29) is 11.8 Å². The molecule has 1 fully saturated rings. The van der Waals surface area contributed by atoms with Crippen LogP contribution in [0.5, 0.6) is 0 Å². The van der Waals surface area contributed by atoms with E-state index in [1.54, 1.807) is 6.92 Å². The molecule has 134 valence electrons. The van der Waals surface area contributed by atoms with Crippen LogP contribution in [0.15, 0.2) is 34.9 Å². The third-order valence-electron chi connectivity index (χ3n) is 4.77. The van der Waals surface area contributed by atoms with Crippen molar-refractivity contribution < 1.29 is 9.32 Å². The summed E-state index contributed by atoms with van der Waals surface area (Å²) in [5, 5.41) is 6.90. The molecule has 0 spiro atoms. The first kappa shape index (κ1) is 17.6. The summed E-state index contributed by atoms with van der Waals surface area (Å²) in [5.74, 6) is 1.32. The Kier molecular flexibility index (Phi) is 4.90. The van der Waals surface area contributed by atoms with Gasteiger partial charge >= 0.3 is 0 Å². The Morgan fingerprint density at radius 2 is 2.04 bits per heavy atom. The number of nitrogens with zero attached hydrogens (tertiary/aromatic N) is 3. The number of rotatable bonds is 5. The first-order valence-electron chi connectivity index (χ1n) is 8.74. The molecule has 2 aromatic rings. The second-order valence-corrected chi connectivity index (χ2v) is 7.52. The molecule has 1 saturated heterocycles. The normalized spacial score (nSPS) is 21.4. The lowest BCUT2D eigenvalue weighted by Gasteiger charge is -2.25. The zero-order chi connectivity index (χ0) is 18.0. The molecule has 1 aliphatic rings. The molecule has 1 aromatic carbocycles. The lowest BCUT2D eigenvalue weighted by atomic mass is 9.95. The van der Waals surface area contributed by atoms with Gasteiger partial charge in [0.05, 0.1) is 5.92 Å². The minimum atomic E-state index is -0.676. The average Bonchev–Trinajstić information content (AvgIpc) is 3.14. The summed E-state index contributed by atoms with van der Waals surface area (Å²) in [6.07, 6.45) is 0. The largest absolute Gasteiger partial charge is 0.342 e. The molecule has 25 heavy (non-hydrogen) atoms. The number of hydrogen-bond acceptors (Lipinski definition) is 5. The highest BCUT2D eigenvalue weighted by Gasteiger charge is 2.38. The molecule has 2 atom stereocenters. The van der Waals surface area contributed by atoms with Crippen molar-refractivity contribution in [3.05, 3.63) is 47.6 Å². The number of amides is 1. The summed E-state index contributed by atoms with van der Waals surface area (Å²) in [7, 11) is 0. The van der Waals surface area contributed by atoms with Crippen molar-refractivity contribution in [2.24, 2.45) is 11.8 Å². The summed E-state index contributed by atoms with van der Waals surface area (Å²) < 4.78 is 5.23. The molecule has 1 N–H and O–H groups in total. The fourth-order valence-electron chi connectivity index (χ4n) is 3.38. The number of carbonyl (C=O) groups excluding carboxylic acids is 1. The van der Waals surface area contributed by atoms with Gasteiger partial charge in [-0.05, 0) is 32.3 Å². The van der Waals surface area contributed by atoms with Crippen LogP contribution in [0.1, 0.15) is 38.0 Å². The van der Waals surface area contributed by atoms with Crippen molar-refractivity contribution in [1.82, 2.24) is 20.4 Å². The fraction of sp³-hybridized carbons (Fsp3) is 0.526. The van der Waals surface area contributed by atoms with Crippen molar-refractivity contribution in [1.29, 1.82) is 0 Å². The van der Waals surface area contributed by atoms with Gasteiger partial charge in [-0.2, -0.15) is 4.98 Å². The highest BCUT2D eigenvalue weighted by molar-refractivity contribution is 5.80. The van der Waals surface area contributed by atoms with Gasteiger partial charge in [-0.25, -0.2) is 0 Å². The van der Waals surface area contributed by atoms with Gasteiger partial charge in [0, 0.05) is 19.6 Å². The number of hydrogen-bond donors (Lipinski definition) is 1. The van der Waals surface area contributed by atoms with Gasteiger partial charge in [0.15, 0.2) is 5.82 Å². The first-order chi connectivity index (χ1) is 11.8. The topological polar surface area (TPSA) is 71.3 Å². The Labute approximate surface area is 148 Å². The second-order valence-electron chi connectivity index (χ2n) is 7.52. The van der Waals surface area contributed by atoms with E-state index in [0.29, 0.717) is 17.6 Å². The predicted molar refractivity (Wildman–Crippen MR) is 94.6 cm³/mol. The van der Waals surface area contributed by atoms with Crippen LogP contribution in [0.3, 0.4) is 0 Å². The van der Waals surface area contributed by atoms with Gasteiger partial charge in [0.2, 0.25) is 5.91 Å². The molecule has 1 amide bonds. The molecule has 1 aromatic heterocycles. The quantitative estimate of drug-likeness (QED) is 0.904. The van der Waals surface area contributed by atoms with Crippen LogP contribution < -0.4 is 5.32 Å². The summed E-state index contributed by atoms with van der Waals surface area (Å²) in [6.45, 7) is 10.2. The molecule has 6 heteroatoms. The monoisotopic (exact) mass is 342 g/mol. The Bertz CT molecular complexity index is 726. The van der Waals surface area contributed by atoms with E-state index in [0.717, 1.165) is 19.6 Å². The minimum absolute atomic E-state index is 0.0352. The smallest absolute Gasteiger partial charge is 0.251 e. The highest BCUT2D eigenvalue weighted by Crippen LogP contribution is 2.27. The third kappa shape index (κ3) is 4.07. The van der Waals surface area contributed by atoms with E-state index in [2.05, 4.69) is 39.4 Å². The Hall–Kier alpha value is -2.21. The standard InChI is InChI=1S/C19H26N4O2/c1-13-10-23(11-15-8-6-5-7-9-15)12-16(13)17(24)21-19(3,4)18-20-14(2)22-25-18/h5-9,13,16H,10-12H2,1-4H3,(H,21,24)/t13-,16-/m1/s1. The Morgan fingerprint density at radius 1 is 1.32 bits per heavy atom. The van der Waals surface area contributed by atoms with E-state index in [1.807, 2.05) is 32.0 Å². The molecular weight excluding hydrogens is 316 g/mol. The van der Waals surface area contributed by atoms with Gasteiger partial charge in [-0.15, -0.1) is 0 Å². The van der Waals surface area contributed by atoms with Gasteiger partial charge in [0.1, 0.15) is 5.54 Å². The maximum absolute atomic E-state index is 12.8. The van der Waals surface area contributed by atoms with Crippen LogP contribution in [0.25, 0.3) is 0 Å². The molecule has 3 rings (SSSR count). The van der Waals surface area contributed by atoms with Crippen LogP contribution in [0, 0.1) is 18.8 Å². The van der Waals surface area contributed by atoms with Crippen molar-refractivity contribution in [2.75, 3.05) is 13.1 Å². The summed E-state index contributed by atoms with van der Waals surface area (Å²) in [6, 6.07) is 10.4. The number of benzene rings is 1. The van der Waals surface area contributed by atoms with E-state index in [4.69, 9.17) is 4.52 Å². The lowest BCUT2D eigenvalue weighted by Crippen LogP contribution is -2.45. The van der Waals surface area contributed by atoms with Crippen molar-refractivity contribution >= 4 is 5.91 Å². The maximum atomic E-state index is 12.8. The van der Waals surface area contributed by atoms with Crippen LogP contribution in [-0.2, 0) is 16.9 Å². The number of aromatic nitrogens is 2. The average molecular weight is 342 g/mol. The van der Waals surface area contributed by atoms with Crippen LogP contribution >= 0.6 is 0 Å². The number of likely N-dealkylation sites (tertiary alicyclic amines) is 1. The molecule has 0 radical (unpaired) electrons. The lowest BCUT2D eigenvalue weighted by molar-refractivity contribution is -0.127. The molecular formula is C19H26N4O2. The highest BCUT2D eigenvalue weighted by atomic mass is 16.5. The van der Waals surface area contributed by atoms with Gasteiger partial charge < -0.3 is 9.84 Å². The molecule has 6 nitrogen and oxygen atoms in total. The van der Waals surface area contributed by atoms with Crippen LogP contribution in [-0.4, -0.2) is 34.0 Å². The van der Waals surface area contributed by atoms with E-state index in [9.17, 15) is 4.79 Å². The summed E-state index contributed by atoms with van der Waals surface area (Å²) >= 11 is 0. The van der Waals surface area contributed by atoms with E-state index < -0.39 is 5.54 Å². The minimum Gasteiger partial charge on any atom is -0.342 e. The number of nitrogens with one attached hydrogen (secondary N) is 1. The van der Waals surface area contributed by atoms with Crippen molar-refractivity contribution in [3.8, 4) is 0 Å². The van der Waals surface area contributed by atoms with E-state index >= 15 is 0 Å². The third-order valence-corrected chi connectivity index (χ3v) is 4.77. The first-order valence-corrected chi connectivity index (χ1v) is 8.74. The predicted octanol–water partition coefficient (Wildman–Crippen LogP) is 2.50. The maximum Gasteiger partial charge on any atom is 0.251 e. The molecule has 1 aliphatic heterocycles. The van der Waals surface area contributed by atoms with Gasteiger partial charge in [0.25, 0.3) is 5.89 Å². The summed E-state index contributed by atoms with van der Waals surface area (Å²) in [4.78, 5) is 19.4.